The first kappa shape index (κ1) is 20.8. The van der Waals surface area contributed by atoms with Gasteiger partial charge in [0.05, 0.1) is 5.92 Å². The number of anilines is 1. The molecule has 1 aliphatic carbocycles. The third-order valence-corrected chi connectivity index (χ3v) is 7.86. The van der Waals surface area contributed by atoms with Crippen molar-refractivity contribution in [1.29, 1.82) is 0 Å². The van der Waals surface area contributed by atoms with Gasteiger partial charge < -0.3 is 10.2 Å². The molecule has 4 fully saturated rings. The number of halogens is 2. The van der Waals surface area contributed by atoms with Crippen LogP contribution in [0.1, 0.15) is 50.0 Å². The van der Waals surface area contributed by atoms with E-state index < -0.39 is 29.4 Å². The second-order valence-electron chi connectivity index (χ2n) is 9.68. The summed E-state index contributed by atoms with van der Waals surface area (Å²) in [5, 5.41) is 5.59. The van der Waals surface area contributed by atoms with E-state index in [4.69, 9.17) is 0 Å². The van der Waals surface area contributed by atoms with Crippen LogP contribution < -0.4 is 15.5 Å². The number of imide groups is 1. The lowest BCUT2D eigenvalue weighted by Gasteiger charge is -2.50. The molecular formula is C23H30F2N4O2. The number of benzene rings is 1. The van der Waals surface area contributed by atoms with Crippen molar-refractivity contribution in [1.82, 2.24) is 15.5 Å². The summed E-state index contributed by atoms with van der Waals surface area (Å²) in [6.45, 7) is 5.60. The van der Waals surface area contributed by atoms with Crippen LogP contribution in [0.4, 0.5) is 14.5 Å². The summed E-state index contributed by atoms with van der Waals surface area (Å²) in [4.78, 5) is 28.0. The molecule has 2 N–H and O–H groups in total. The second kappa shape index (κ2) is 8.13. The number of piperazine rings is 1. The van der Waals surface area contributed by atoms with Crippen molar-refractivity contribution in [2.45, 2.75) is 50.5 Å². The highest BCUT2D eigenvalue weighted by Crippen LogP contribution is 2.41. The molecule has 1 aromatic carbocycles. The van der Waals surface area contributed by atoms with E-state index in [0.717, 1.165) is 26.2 Å². The fraction of sp³-hybridized carbons (Fsp3) is 0.652. The average Bonchev–Trinajstić information content (AvgIpc) is 2.74. The lowest BCUT2D eigenvalue weighted by atomic mass is 9.68. The number of nitrogens with one attached hydrogen (secondary N) is 2. The maximum Gasteiger partial charge on any atom is 0.234 e. The second-order valence-corrected chi connectivity index (χ2v) is 9.68. The van der Waals surface area contributed by atoms with Gasteiger partial charge in [-0.15, -0.1) is 0 Å². The molecule has 6 nitrogen and oxygen atoms in total. The highest BCUT2D eigenvalue weighted by molar-refractivity contribution is 6.01. The minimum absolute atomic E-state index is 0.0950. The van der Waals surface area contributed by atoms with Crippen molar-refractivity contribution < 1.29 is 18.4 Å². The van der Waals surface area contributed by atoms with Crippen molar-refractivity contribution >= 4 is 17.5 Å². The number of nitrogens with zero attached hydrogens (tertiary/aromatic N) is 2. The zero-order valence-corrected chi connectivity index (χ0v) is 17.8. The van der Waals surface area contributed by atoms with Gasteiger partial charge in [-0.3, -0.25) is 19.8 Å². The summed E-state index contributed by atoms with van der Waals surface area (Å²) >= 11 is 0. The van der Waals surface area contributed by atoms with E-state index in [-0.39, 0.29) is 18.4 Å². The van der Waals surface area contributed by atoms with Crippen LogP contribution in [0.5, 0.6) is 0 Å². The Morgan fingerprint density at radius 2 is 1.58 bits per heavy atom. The Bertz CT molecular complexity index is 847. The lowest BCUT2D eigenvalue weighted by molar-refractivity contribution is -0.134. The molecule has 3 heterocycles. The molecule has 2 amide bonds. The molecule has 1 unspecified atom stereocenters. The minimum Gasteiger partial charge on any atom is -0.369 e. The molecule has 1 saturated carbocycles. The Morgan fingerprint density at radius 3 is 2.13 bits per heavy atom. The normalized spacial score (nSPS) is 27.3. The Kier molecular flexibility index (Phi) is 5.46. The fourth-order valence-corrected chi connectivity index (χ4v) is 5.81. The number of hydrogen-bond acceptors (Lipinski definition) is 5. The van der Waals surface area contributed by atoms with Crippen molar-refractivity contribution in [3.8, 4) is 0 Å². The van der Waals surface area contributed by atoms with Crippen LogP contribution >= 0.6 is 0 Å². The average molecular weight is 433 g/mol. The summed E-state index contributed by atoms with van der Waals surface area (Å²) < 4.78 is 29.7. The van der Waals surface area contributed by atoms with Gasteiger partial charge in [0, 0.05) is 63.0 Å². The van der Waals surface area contributed by atoms with Crippen LogP contribution in [0.2, 0.25) is 0 Å². The highest BCUT2D eigenvalue weighted by atomic mass is 19.1. The number of amides is 2. The van der Waals surface area contributed by atoms with E-state index in [0.29, 0.717) is 17.1 Å². The smallest absolute Gasteiger partial charge is 0.234 e. The van der Waals surface area contributed by atoms with Gasteiger partial charge >= 0.3 is 0 Å². The third kappa shape index (κ3) is 3.96. The number of hydrogen-bond donors (Lipinski definition) is 2. The Balaban J connectivity index is 1.22. The van der Waals surface area contributed by atoms with E-state index in [1.54, 1.807) is 0 Å². The van der Waals surface area contributed by atoms with Crippen LogP contribution in [0.3, 0.4) is 0 Å². The van der Waals surface area contributed by atoms with Crippen LogP contribution in [0.15, 0.2) is 12.1 Å². The van der Waals surface area contributed by atoms with Gasteiger partial charge in [0.15, 0.2) is 0 Å². The molecule has 0 radical (unpaired) electrons. The van der Waals surface area contributed by atoms with Crippen LogP contribution in [0, 0.1) is 17.0 Å². The number of carbonyl (C=O) groups excluding carboxylic acids is 2. The first-order chi connectivity index (χ1) is 14.9. The van der Waals surface area contributed by atoms with Crippen molar-refractivity contribution in [2.75, 3.05) is 44.2 Å². The quantitative estimate of drug-likeness (QED) is 0.717. The largest absolute Gasteiger partial charge is 0.369 e. The SMILES string of the molecule is O=C1CCC(c2c(F)cc(N3CCN(C4CCC5(CC4)CNC5)CC3)cc2F)C(=O)N1. The molecule has 4 aliphatic rings. The predicted octanol–water partition coefficient (Wildman–Crippen LogP) is 2.14. The third-order valence-electron chi connectivity index (χ3n) is 7.86. The fourth-order valence-electron chi connectivity index (χ4n) is 5.81. The molecule has 1 spiro atoms. The van der Waals surface area contributed by atoms with Gasteiger partial charge in [-0.05, 0) is 49.7 Å². The van der Waals surface area contributed by atoms with Gasteiger partial charge in [0.1, 0.15) is 11.6 Å². The van der Waals surface area contributed by atoms with E-state index in [1.165, 1.54) is 50.9 Å². The van der Waals surface area contributed by atoms with E-state index in [2.05, 4.69) is 15.5 Å². The van der Waals surface area contributed by atoms with Gasteiger partial charge in [-0.2, -0.15) is 0 Å². The molecule has 31 heavy (non-hydrogen) atoms. The van der Waals surface area contributed by atoms with Crippen LogP contribution in [0.25, 0.3) is 0 Å². The first-order valence-electron chi connectivity index (χ1n) is 11.5. The highest BCUT2D eigenvalue weighted by Gasteiger charge is 2.41. The molecule has 1 atom stereocenters. The Morgan fingerprint density at radius 1 is 0.935 bits per heavy atom. The first-order valence-corrected chi connectivity index (χ1v) is 11.5. The van der Waals surface area contributed by atoms with Gasteiger partial charge in [0.2, 0.25) is 11.8 Å². The molecule has 5 rings (SSSR count). The topological polar surface area (TPSA) is 64.7 Å². The van der Waals surface area contributed by atoms with Gasteiger partial charge in [-0.25, -0.2) is 8.78 Å². The Hall–Kier alpha value is -2.06. The van der Waals surface area contributed by atoms with Crippen LogP contribution in [-0.2, 0) is 9.59 Å². The summed E-state index contributed by atoms with van der Waals surface area (Å²) in [6.07, 6.45) is 5.30. The summed E-state index contributed by atoms with van der Waals surface area (Å²) in [5.41, 5.74) is 0.848. The lowest BCUT2D eigenvalue weighted by Crippen LogP contribution is -2.58. The van der Waals surface area contributed by atoms with E-state index in [1.807, 2.05) is 4.90 Å². The summed E-state index contributed by atoms with van der Waals surface area (Å²) in [6, 6.07) is 3.30. The molecule has 3 saturated heterocycles. The maximum atomic E-state index is 14.9. The molecule has 3 aliphatic heterocycles. The van der Waals surface area contributed by atoms with Gasteiger partial charge in [-0.1, -0.05) is 0 Å². The van der Waals surface area contributed by atoms with Crippen molar-refractivity contribution in [3.63, 3.8) is 0 Å². The molecular weight excluding hydrogens is 402 g/mol. The van der Waals surface area contributed by atoms with Gasteiger partial charge in [0.25, 0.3) is 0 Å². The number of carbonyl (C=O) groups is 2. The Labute approximate surface area is 181 Å². The molecule has 1 aromatic rings. The monoisotopic (exact) mass is 432 g/mol. The number of piperidine rings is 1. The predicted molar refractivity (Wildman–Crippen MR) is 113 cm³/mol. The van der Waals surface area contributed by atoms with Crippen molar-refractivity contribution in [2.24, 2.45) is 5.41 Å². The summed E-state index contributed by atoms with van der Waals surface area (Å²) in [5.74, 6) is -3.39. The van der Waals surface area contributed by atoms with E-state index >= 15 is 0 Å². The summed E-state index contributed by atoms with van der Waals surface area (Å²) in [7, 11) is 0. The maximum absolute atomic E-state index is 14.9. The van der Waals surface area contributed by atoms with Crippen molar-refractivity contribution in [3.05, 3.63) is 29.3 Å². The molecule has 0 aromatic heterocycles. The zero-order valence-electron chi connectivity index (χ0n) is 17.8. The molecule has 0 bridgehead atoms. The number of rotatable bonds is 3. The van der Waals surface area contributed by atoms with E-state index in [9.17, 15) is 18.4 Å². The molecule has 8 heteroatoms. The van der Waals surface area contributed by atoms with Crippen LogP contribution in [-0.4, -0.2) is 62.0 Å². The standard InChI is InChI=1S/C23H30F2N4O2/c24-18-11-16(12-19(25)21(18)17-1-2-20(30)27-22(17)31)29-9-7-28(8-10-29)15-3-5-23(6-4-15)13-26-14-23/h11-12,15,17,26H,1-10,13-14H2,(H,27,30,31). The molecule has 168 valence electrons. The minimum atomic E-state index is -0.955. The zero-order chi connectivity index (χ0) is 21.6.